The number of likely N-dealkylation sites (N-methyl/N-ethyl adjacent to an activating group) is 1. The van der Waals surface area contributed by atoms with Gasteiger partial charge in [-0.25, -0.2) is 0 Å². The number of allylic oxidation sites excluding steroid dienone is 1. The van der Waals surface area contributed by atoms with Crippen molar-refractivity contribution in [1.29, 1.82) is 0 Å². The zero-order valence-electron chi connectivity index (χ0n) is 23.2. The van der Waals surface area contributed by atoms with Crippen LogP contribution in [-0.2, 0) is 14.3 Å². The number of nitrogens with zero attached hydrogens (tertiary/aromatic N) is 2. The second-order valence-electron chi connectivity index (χ2n) is 13.5. The summed E-state index contributed by atoms with van der Waals surface area (Å²) < 4.78 is 5.42. The van der Waals surface area contributed by atoms with Gasteiger partial charge in [-0.2, -0.15) is 0 Å². The van der Waals surface area contributed by atoms with Crippen LogP contribution in [0.2, 0.25) is 0 Å². The number of ether oxygens (including phenoxy) is 1. The van der Waals surface area contributed by atoms with Crippen molar-refractivity contribution in [2.45, 2.75) is 104 Å². The zero-order chi connectivity index (χ0) is 25.3. The van der Waals surface area contributed by atoms with Gasteiger partial charge in [0, 0.05) is 32.6 Å². The maximum Gasteiger partial charge on any atom is 0.303 e. The number of likely N-dealkylation sites (tertiary alicyclic amines) is 1. The van der Waals surface area contributed by atoms with Crippen molar-refractivity contribution in [3.63, 3.8) is 0 Å². The molecule has 1 aliphatic heterocycles. The molecule has 0 aromatic carbocycles. The van der Waals surface area contributed by atoms with Crippen LogP contribution in [0.25, 0.3) is 0 Å². The number of esters is 1. The Morgan fingerprint density at radius 3 is 2.51 bits per heavy atom. The number of hydrogen-bond donors (Lipinski definition) is 0. The van der Waals surface area contributed by atoms with E-state index in [1.807, 2.05) is 25.8 Å². The predicted molar refractivity (Wildman–Crippen MR) is 139 cm³/mol. The van der Waals surface area contributed by atoms with Crippen LogP contribution >= 0.6 is 0 Å². The summed E-state index contributed by atoms with van der Waals surface area (Å²) in [4.78, 5) is 29.5. The van der Waals surface area contributed by atoms with Crippen LogP contribution in [-0.4, -0.2) is 60.5 Å². The van der Waals surface area contributed by atoms with Crippen LogP contribution in [0.3, 0.4) is 0 Å². The number of hydrogen-bond acceptors (Lipinski definition) is 4. The third-order valence-electron chi connectivity index (χ3n) is 11.7. The highest BCUT2D eigenvalue weighted by atomic mass is 16.5. The predicted octanol–water partition coefficient (Wildman–Crippen LogP) is 5.29. The van der Waals surface area contributed by atoms with Gasteiger partial charge in [0.25, 0.3) is 5.91 Å². The summed E-state index contributed by atoms with van der Waals surface area (Å²) in [6.45, 7) is 11.6. The summed E-state index contributed by atoms with van der Waals surface area (Å²) in [6, 6.07) is 0.942. The van der Waals surface area contributed by atoms with Crippen molar-refractivity contribution >= 4 is 11.9 Å². The minimum Gasteiger partial charge on any atom is -0.452 e. The third-order valence-corrected chi connectivity index (χ3v) is 11.7. The van der Waals surface area contributed by atoms with E-state index in [-0.39, 0.29) is 29.3 Å². The van der Waals surface area contributed by atoms with Crippen LogP contribution < -0.4 is 0 Å². The van der Waals surface area contributed by atoms with Gasteiger partial charge in [0.2, 0.25) is 0 Å². The van der Waals surface area contributed by atoms with E-state index in [1.54, 1.807) is 5.57 Å². The van der Waals surface area contributed by atoms with E-state index in [0.29, 0.717) is 5.41 Å². The lowest BCUT2D eigenvalue weighted by atomic mass is 9.47. The fraction of sp³-hybridized carbons (Fsp3) is 0.867. The minimum absolute atomic E-state index is 0.0282. The molecule has 0 radical (unpaired) electrons. The highest BCUT2D eigenvalue weighted by Crippen LogP contribution is 2.68. The molecular formula is C30H48N2O3. The monoisotopic (exact) mass is 484 g/mol. The Morgan fingerprint density at radius 2 is 1.83 bits per heavy atom. The fourth-order valence-corrected chi connectivity index (χ4v) is 9.81. The quantitative estimate of drug-likeness (QED) is 0.402. The highest BCUT2D eigenvalue weighted by molar-refractivity contribution is 5.83. The van der Waals surface area contributed by atoms with Crippen molar-refractivity contribution in [2.24, 2.45) is 40.4 Å². The normalized spacial score (nSPS) is 43.5. The number of amides is 1. The molecule has 0 aromatic rings. The SMILES string of the molecule is CC(=O)OC(C(=O)N(C)C1CCC2(C)C(=CCC3C2CCC24CN(C)C(C)C2CCC34)C1)C(C)C. The first-order chi connectivity index (χ1) is 16.5. The third kappa shape index (κ3) is 3.81. The standard InChI is InChI=1S/C30H48N2O3/c1-18(2)27(35-20(4)33)28(34)32(7)22-12-14-29(5)21(16-22)8-9-23-25(29)13-15-30-17-31(6)19(3)24(30)10-11-26(23)30/h8,18-19,22-27H,9-17H2,1-7H3. The van der Waals surface area contributed by atoms with Gasteiger partial charge < -0.3 is 14.5 Å². The summed E-state index contributed by atoms with van der Waals surface area (Å²) in [5.41, 5.74) is 2.46. The molecule has 4 aliphatic carbocycles. The molecule has 4 fully saturated rings. The van der Waals surface area contributed by atoms with Crippen LogP contribution in [0, 0.1) is 40.4 Å². The summed E-state index contributed by atoms with van der Waals surface area (Å²) in [5.74, 6) is 2.98. The second kappa shape index (κ2) is 8.89. The molecule has 0 N–H and O–H groups in total. The van der Waals surface area contributed by atoms with Gasteiger partial charge in [-0.3, -0.25) is 9.59 Å². The number of rotatable bonds is 4. The van der Waals surface area contributed by atoms with Crippen molar-refractivity contribution in [3.05, 3.63) is 11.6 Å². The lowest BCUT2D eigenvalue weighted by Crippen LogP contribution is -2.54. The molecule has 5 nitrogen and oxygen atoms in total. The van der Waals surface area contributed by atoms with Gasteiger partial charge in [-0.05, 0) is 106 Å². The average Bonchev–Trinajstić information content (AvgIpc) is 3.29. The van der Waals surface area contributed by atoms with Crippen molar-refractivity contribution in [2.75, 3.05) is 20.6 Å². The first-order valence-corrected chi connectivity index (χ1v) is 14.3. The van der Waals surface area contributed by atoms with Gasteiger partial charge in [-0.1, -0.05) is 32.4 Å². The molecule has 5 rings (SSSR count). The minimum atomic E-state index is -0.688. The van der Waals surface area contributed by atoms with Crippen molar-refractivity contribution in [1.82, 2.24) is 9.80 Å². The van der Waals surface area contributed by atoms with Crippen molar-refractivity contribution in [3.8, 4) is 0 Å². The Balaban J connectivity index is 1.33. The smallest absolute Gasteiger partial charge is 0.303 e. The van der Waals surface area contributed by atoms with E-state index in [0.717, 1.165) is 42.6 Å². The molecule has 1 saturated heterocycles. The Kier molecular flexibility index (Phi) is 6.42. The molecule has 9 unspecified atom stereocenters. The fourth-order valence-electron chi connectivity index (χ4n) is 9.81. The topological polar surface area (TPSA) is 49.9 Å². The van der Waals surface area contributed by atoms with Gasteiger partial charge in [0.05, 0.1) is 0 Å². The van der Waals surface area contributed by atoms with Gasteiger partial charge in [-0.15, -0.1) is 0 Å². The van der Waals surface area contributed by atoms with Gasteiger partial charge in [0.15, 0.2) is 6.10 Å². The van der Waals surface area contributed by atoms with Crippen LogP contribution in [0.15, 0.2) is 11.6 Å². The lowest BCUT2D eigenvalue weighted by molar-refractivity contribution is -0.162. The lowest BCUT2D eigenvalue weighted by Gasteiger charge is -2.58. The van der Waals surface area contributed by atoms with Gasteiger partial charge in [0.1, 0.15) is 0 Å². The molecule has 0 aromatic heterocycles. The number of carbonyl (C=O) groups is 2. The number of carbonyl (C=O) groups excluding carboxylic acids is 2. The van der Waals surface area contributed by atoms with E-state index in [9.17, 15) is 9.59 Å². The van der Waals surface area contributed by atoms with Crippen molar-refractivity contribution < 1.29 is 14.3 Å². The molecule has 1 heterocycles. The van der Waals surface area contributed by atoms with Crippen LogP contribution in [0.1, 0.15) is 86.0 Å². The van der Waals surface area contributed by atoms with E-state index < -0.39 is 6.10 Å². The summed E-state index contributed by atoms with van der Waals surface area (Å²) in [5, 5.41) is 0. The molecular weight excluding hydrogens is 436 g/mol. The Hall–Kier alpha value is -1.36. The Bertz CT molecular complexity index is 898. The Labute approximate surface area is 213 Å². The maximum absolute atomic E-state index is 13.3. The highest BCUT2D eigenvalue weighted by Gasteiger charge is 2.64. The molecule has 9 atom stereocenters. The summed E-state index contributed by atoms with van der Waals surface area (Å²) in [7, 11) is 4.27. The summed E-state index contributed by atoms with van der Waals surface area (Å²) in [6.07, 6.45) is 12.0. The summed E-state index contributed by atoms with van der Waals surface area (Å²) >= 11 is 0. The maximum atomic E-state index is 13.3. The van der Waals surface area contributed by atoms with E-state index >= 15 is 0 Å². The van der Waals surface area contributed by atoms with E-state index in [1.165, 1.54) is 52.0 Å². The van der Waals surface area contributed by atoms with Gasteiger partial charge >= 0.3 is 5.97 Å². The molecule has 0 bridgehead atoms. The Morgan fingerprint density at radius 1 is 1.11 bits per heavy atom. The first kappa shape index (κ1) is 25.3. The zero-order valence-corrected chi connectivity index (χ0v) is 23.2. The number of fused-ring (bicyclic) bond motifs is 4. The van der Waals surface area contributed by atoms with Crippen LogP contribution in [0.4, 0.5) is 0 Å². The molecule has 5 heteroatoms. The average molecular weight is 485 g/mol. The molecule has 3 saturated carbocycles. The molecule has 5 aliphatic rings. The molecule has 35 heavy (non-hydrogen) atoms. The largest absolute Gasteiger partial charge is 0.452 e. The molecule has 1 spiro atoms. The van der Waals surface area contributed by atoms with E-state index in [4.69, 9.17) is 4.74 Å². The molecule has 1 amide bonds. The molecule has 196 valence electrons. The van der Waals surface area contributed by atoms with Crippen LogP contribution in [0.5, 0.6) is 0 Å². The first-order valence-electron chi connectivity index (χ1n) is 14.3. The second-order valence-corrected chi connectivity index (χ2v) is 13.5. The van der Waals surface area contributed by atoms with E-state index in [2.05, 4.69) is 31.9 Å².